The monoisotopic (exact) mass is 332 g/mol. The van der Waals surface area contributed by atoms with Gasteiger partial charge in [0.05, 0.1) is 17.6 Å². The van der Waals surface area contributed by atoms with E-state index >= 15 is 0 Å². The van der Waals surface area contributed by atoms with Crippen LogP contribution in [0.4, 0.5) is 0 Å². The van der Waals surface area contributed by atoms with Gasteiger partial charge in [0.15, 0.2) is 5.65 Å². The quantitative estimate of drug-likeness (QED) is 0.683. The fraction of sp³-hybridized carbons (Fsp3) is 0.111. The van der Waals surface area contributed by atoms with Crippen molar-refractivity contribution in [3.05, 3.63) is 65.9 Å². The van der Waals surface area contributed by atoms with Crippen molar-refractivity contribution in [2.45, 2.75) is 6.92 Å². The number of amides is 1. The Labute approximate surface area is 143 Å². The molecule has 0 saturated carbocycles. The average Bonchev–Trinajstić information content (AvgIpc) is 3.08. The topological polar surface area (TPSA) is 95.6 Å². The summed E-state index contributed by atoms with van der Waals surface area (Å²) in [6.45, 7) is 2.57. The molecule has 1 aliphatic heterocycles. The molecular formula is C18H16N6O. The van der Waals surface area contributed by atoms with Gasteiger partial charge in [-0.25, -0.2) is 9.97 Å². The SMILES string of the molecule is CC1=CC=C(NC(=O)c2ccnc3nc(-c4ccncc4)[nH]c23)CN1. The zero-order valence-electron chi connectivity index (χ0n) is 13.6. The van der Waals surface area contributed by atoms with Gasteiger partial charge in [-0.15, -0.1) is 0 Å². The number of allylic oxidation sites excluding steroid dienone is 3. The van der Waals surface area contributed by atoms with E-state index in [1.165, 1.54) is 0 Å². The molecule has 124 valence electrons. The number of hydrogen-bond acceptors (Lipinski definition) is 5. The number of fused-ring (bicyclic) bond motifs is 1. The Balaban J connectivity index is 1.68. The lowest BCUT2D eigenvalue weighted by molar-refractivity contribution is 0.0966. The van der Waals surface area contributed by atoms with Crippen LogP contribution < -0.4 is 10.6 Å². The maximum Gasteiger partial charge on any atom is 0.257 e. The molecule has 0 atom stereocenters. The maximum atomic E-state index is 12.7. The first kappa shape index (κ1) is 15.1. The predicted octanol–water partition coefficient (Wildman–Crippen LogP) is 2.14. The minimum atomic E-state index is -0.196. The number of H-pyrrole nitrogens is 1. The minimum absolute atomic E-state index is 0.196. The molecule has 0 unspecified atom stereocenters. The van der Waals surface area contributed by atoms with Gasteiger partial charge in [-0.3, -0.25) is 9.78 Å². The van der Waals surface area contributed by atoms with Gasteiger partial charge >= 0.3 is 0 Å². The van der Waals surface area contributed by atoms with Gasteiger partial charge in [-0.05, 0) is 37.3 Å². The molecular weight excluding hydrogens is 316 g/mol. The summed E-state index contributed by atoms with van der Waals surface area (Å²) in [5.74, 6) is 0.459. The zero-order chi connectivity index (χ0) is 17.2. The molecule has 0 saturated heterocycles. The van der Waals surface area contributed by atoms with E-state index in [9.17, 15) is 4.79 Å². The Morgan fingerprint density at radius 1 is 1.16 bits per heavy atom. The number of imidazole rings is 1. The Morgan fingerprint density at radius 3 is 2.76 bits per heavy atom. The molecule has 0 aliphatic carbocycles. The highest BCUT2D eigenvalue weighted by Gasteiger charge is 2.16. The Kier molecular flexibility index (Phi) is 3.74. The van der Waals surface area contributed by atoms with Crippen LogP contribution in [0, 0.1) is 0 Å². The van der Waals surface area contributed by atoms with Crippen LogP contribution in [-0.2, 0) is 0 Å². The second kappa shape index (κ2) is 6.20. The van der Waals surface area contributed by atoms with Crippen LogP contribution in [0.2, 0.25) is 0 Å². The first-order valence-corrected chi connectivity index (χ1v) is 7.88. The van der Waals surface area contributed by atoms with Crippen LogP contribution in [0.5, 0.6) is 0 Å². The van der Waals surface area contributed by atoms with E-state index < -0.39 is 0 Å². The molecule has 0 spiro atoms. The first-order valence-electron chi connectivity index (χ1n) is 7.88. The summed E-state index contributed by atoms with van der Waals surface area (Å²) in [6, 6.07) is 5.39. The summed E-state index contributed by atoms with van der Waals surface area (Å²) in [6.07, 6.45) is 8.81. The Hall–Kier alpha value is -3.48. The first-order chi connectivity index (χ1) is 12.2. The molecule has 0 aromatic carbocycles. The van der Waals surface area contributed by atoms with Gasteiger partial charge in [0.2, 0.25) is 0 Å². The smallest absolute Gasteiger partial charge is 0.257 e. The highest BCUT2D eigenvalue weighted by atomic mass is 16.1. The molecule has 4 rings (SSSR count). The second-order valence-corrected chi connectivity index (χ2v) is 5.73. The van der Waals surface area contributed by atoms with Crippen molar-refractivity contribution < 1.29 is 4.79 Å². The number of pyridine rings is 2. The van der Waals surface area contributed by atoms with E-state index in [-0.39, 0.29) is 5.91 Å². The van der Waals surface area contributed by atoms with Crippen LogP contribution in [-0.4, -0.2) is 32.4 Å². The number of nitrogens with zero attached hydrogens (tertiary/aromatic N) is 3. The molecule has 1 aliphatic rings. The summed E-state index contributed by atoms with van der Waals surface area (Å²) in [4.78, 5) is 28.6. The van der Waals surface area contributed by atoms with Gasteiger partial charge in [-0.2, -0.15) is 0 Å². The van der Waals surface area contributed by atoms with Gasteiger partial charge in [0, 0.05) is 35.5 Å². The normalized spacial score (nSPS) is 13.8. The molecule has 3 aromatic rings. The van der Waals surface area contributed by atoms with Crippen molar-refractivity contribution in [1.29, 1.82) is 0 Å². The van der Waals surface area contributed by atoms with E-state index in [2.05, 4.69) is 30.6 Å². The highest BCUT2D eigenvalue weighted by molar-refractivity contribution is 6.05. The summed E-state index contributed by atoms with van der Waals surface area (Å²) < 4.78 is 0. The van der Waals surface area contributed by atoms with Crippen molar-refractivity contribution in [3.63, 3.8) is 0 Å². The van der Waals surface area contributed by atoms with E-state index in [0.29, 0.717) is 29.1 Å². The molecule has 4 heterocycles. The van der Waals surface area contributed by atoms with Crippen molar-refractivity contribution >= 4 is 17.1 Å². The second-order valence-electron chi connectivity index (χ2n) is 5.73. The van der Waals surface area contributed by atoms with Gasteiger partial charge in [0.25, 0.3) is 5.91 Å². The van der Waals surface area contributed by atoms with E-state index in [4.69, 9.17) is 0 Å². The number of aromatic nitrogens is 4. The molecule has 1 amide bonds. The molecule has 7 nitrogen and oxygen atoms in total. The summed E-state index contributed by atoms with van der Waals surface area (Å²) >= 11 is 0. The third-order valence-corrected chi connectivity index (χ3v) is 3.96. The van der Waals surface area contributed by atoms with Crippen molar-refractivity contribution in [2.75, 3.05) is 6.54 Å². The van der Waals surface area contributed by atoms with Crippen molar-refractivity contribution in [3.8, 4) is 11.4 Å². The molecule has 3 N–H and O–H groups in total. The number of carbonyl (C=O) groups is 1. The van der Waals surface area contributed by atoms with Crippen molar-refractivity contribution in [1.82, 2.24) is 30.6 Å². The Morgan fingerprint density at radius 2 is 2.00 bits per heavy atom. The van der Waals surface area contributed by atoms with Crippen LogP contribution in [0.3, 0.4) is 0 Å². The molecule has 7 heteroatoms. The van der Waals surface area contributed by atoms with Crippen molar-refractivity contribution in [2.24, 2.45) is 0 Å². The predicted molar refractivity (Wildman–Crippen MR) is 94.4 cm³/mol. The third kappa shape index (κ3) is 2.99. The van der Waals surface area contributed by atoms with Crippen LogP contribution >= 0.6 is 0 Å². The lowest BCUT2D eigenvalue weighted by atomic mass is 10.2. The fourth-order valence-corrected chi connectivity index (χ4v) is 2.62. The van der Waals surface area contributed by atoms with Crippen LogP contribution in [0.25, 0.3) is 22.6 Å². The maximum absolute atomic E-state index is 12.7. The van der Waals surface area contributed by atoms with Crippen LogP contribution in [0.15, 0.2) is 60.3 Å². The van der Waals surface area contributed by atoms with Gasteiger partial charge in [0.1, 0.15) is 5.82 Å². The molecule has 0 radical (unpaired) electrons. The number of nitrogens with one attached hydrogen (secondary N) is 3. The number of carbonyl (C=O) groups excluding carboxylic acids is 1. The van der Waals surface area contributed by atoms with E-state index in [1.54, 1.807) is 24.7 Å². The minimum Gasteiger partial charge on any atom is -0.383 e. The summed E-state index contributed by atoms with van der Waals surface area (Å²) in [5, 5.41) is 6.12. The highest BCUT2D eigenvalue weighted by Crippen LogP contribution is 2.21. The van der Waals surface area contributed by atoms with Crippen LogP contribution in [0.1, 0.15) is 17.3 Å². The van der Waals surface area contributed by atoms with E-state index in [0.717, 1.165) is 17.0 Å². The number of dihydropyridines is 1. The molecule has 3 aromatic heterocycles. The number of aromatic amines is 1. The largest absolute Gasteiger partial charge is 0.383 e. The molecule has 0 fully saturated rings. The summed E-state index contributed by atoms with van der Waals surface area (Å²) in [7, 11) is 0. The lowest BCUT2D eigenvalue weighted by Gasteiger charge is -2.15. The summed E-state index contributed by atoms with van der Waals surface area (Å²) in [5.41, 5.74) is 4.40. The Bertz CT molecular complexity index is 1000. The van der Waals surface area contributed by atoms with E-state index in [1.807, 2.05) is 31.2 Å². The fourth-order valence-electron chi connectivity index (χ4n) is 2.62. The van der Waals surface area contributed by atoms with Gasteiger partial charge < -0.3 is 15.6 Å². The average molecular weight is 332 g/mol. The number of rotatable bonds is 3. The van der Waals surface area contributed by atoms with Gasteiger partial charge in [-0.1, -0.05) is 0 Å². The lowest BCUT2D eigenvalue weighted by Crippen LogP contribution is -2.31. The zero-order valence-corrected chi connectivity index (χ0v) is 13.6. The molecule has 0 bridgehead atoms. The third-order valence-electron chi connectivity index (χ3n) is 3.96. The number of hydrogen-bond donors (Lipinski definition) is 3. The standard InChI is InChI=1S/C18H16N6O/c1-11-2-3-13(10-21-11)22-18(25)14-6-9-20-17-15(14)23-16(24-17)12-4-7-19-8-5-12/h2-9,21H,10H2,1H3,(H,22,25)(H,20,23,24). The molecule has 25 heavy (non-hydrogen) atoms.